The zero-order valence-electron chi connectivity index (χ0n) is 20.6. The summed E-state index contributed by atoms with van der Waals surface area (Å²) in [5.74, 6) is 0.450. The van der Waals surface area contributed by atoms with E-state index in [1.54, 1.807) is 16.7 Å². The van der Waals surface area contributed by atoms with Crippen molar-refractivity contribution in [3.05, 3.63) is 99.5 Å². The van der Waals surface area contributed by atoms with Crippen molar-refractivity contribution in [2.24, 2.45) is 0 Å². The molecular weight excluding hydrogens is 556 g/mol. The first-order valence-corrected chi connectivity index (χ1v) is 14.3. The highest BCUT2D eigenvalue weighted by atomic mass is 79.9. The lowest BCUT2D eigenvalue weighted by Crippen LogP contribution is -2.52. The molecule has 190 valence electrons. The van der Waals surface area contributed by atoms with Crippen molar-refractivity contribution in [3.8, 4) is 0 Å². The lowest BCUT2D eigenvalue weighted by molar-refractivity contribution is -0.141. The maximum Gasteiger partial charge on any atom is 0.243 e. The first-order chi connectivity index (χ1) is 17.4. The summed E-state index contributed by atoms with van der Waals surface area (Å²) in [4.78, 5) is 30.0. The number of benzene rings is 3. The summed E-state index contributed by atoms with van der Waals surface area (Å²) < 4.78 is 0.971. The molecule has 36 heavy (non-hydrogen) atoms. The van der Waals surface area contributed by atoms with E-state index >= 15 is 0 Å². The Labute approximate surface area is 231 Å². The van der Waals surface area contributed by atoms with Gasteiger partial charge in [-0.25, -0.2) is 0 Å². The summed E-state index contributed by atoms with van der Waals surface area (Å²) in [5.41, 5.74) is 2.00. The Morgan fingerprint density at radius 2 is 1.64 bits per heavy atom. The van der Waals surface area contributed by atoms with Crippen LogP contribution in [0.25, 0.3) is 0 Å². The van der Waals surface area contributed by atoms with Crippen molar-refractivity contribution in [2.75, 3.05) is 5.75 Å². The number of halogens is 2. The molecule has 2 amide bonds. The zero-order chi connectivity index (χ0) is 25.9. The second kappa shape index (κ2) is 14.5. The molecule has 0 unspecified atom stereocenters. The van der Waals surface area contributed by atoms with Gasteiger partial charge in [0.2, 0.25) is 11.8 Å². The second-order valence-corrected chi connectivity index (χ2v) is 11.2. The number of amides is 2. The molecule has 0 aliphatic rings. The first kappa shape index (κ1) is 28.3. The Hall–Kier alpha value is -2.28. The van der Waals surface area contributed by atoms with Crippen molar-refractivity contribution in [1.29, 1.82) is 0 Å². The standard InChI is InChI=1S/C29H32BrClN2O2S/c1-3-21(2)32-29(35)27(19-22-7-5-4-6-8-22)33(20-23-9-11-24(30)12-10-23)28(34)17-18-36-26-15-13-25(31)14-16-26/h4-16,21,27H,3,17-20H2,1-2H3,(H,32,35)/t21-,27-/m0/s1. The summed E-state index contributed by atoms with van der Waals surface area (Å²) in [5, 5.41) is 3.80. The van der Waals surface area contributed by atoms with E-state index in [2.05, 4.69) is 21.2 Å². The van der Waals surface area contributed by atoms with E-state index in [9.17, 15) is 9.59 Å². The molecule has 3 rings (SSSR count). The van der Waals surface area contributed by atoms with Gasteiger partial charge in [0.25, 0.3) is 0 Å². The fraction of sp³-hybridized carbons (Fsp3) is 0.310. The Bertz CT molecular complexity index is 1110. The quantitative estimate of drug-likeness (QED) is 0.229. The van der Waals surface area contributed by atoms with Crippen LogP contribution in [0.15, 0.2) is 88.2 Å². The number of hydrogen-bond acceptors (Lipinski definition) is 3. The molecule has 2 atom stereocenters. The van der Waals surface area contributed by atoms with E-state index in [4.69, 9.17) is 11.6 Å². The van der Waals surface area contributed by atoms with Crippen LogP contribution in [0.5, 0.6) is 0 Å². The van der Waals surface area contributed by atoms with Gasteiger partial charge in [-0.15, -0.1) is 11.8 Å². The van der Waals surface area contributed by atoms with Crippen molar-refractivity contribution >= 4 is 51.1 Å². The molecule has 0 heterocycles. The fourth-order valence-electron chi connectivity index (χ4n) is 3.71. The third-order valence-corrected chi connectivity index (χ3v) is 7.73. The summed E-state index contributed by atoms with van der Waals surface area (Å²) >= 11 is 11.1. The van der Waals surface area contributed by atoms with Gasteiger partial charge < -0.3 is 10.2 Å². The molecule has 0 radical (unpaired) electrons. The smallest absolute Gasteiger partial charge is 0.243 e. The molecule has 4 nitrogen and oxygen atoms in total. The number of nitrogens with zero attached hydrogens (tertiary/aromatic N) is 1. The van der Waals surface area contributed by atoms with E-state index in [0.29, 0.717) is 30.2 Å². The molecule has 0 aliphatic carbocycles. The molecule has 1 N–H and O–H groups in total. The van der Waals surface area contributed by atoms with Crippen LogP contribution in [0.2, 0.25) is 5.02 Å². The van der Waals surface area contributed by atoms with Gasteiger partial charge in [0.1, 0.15) is 6.04 Å². The lowest BCUT2D eigenvalue weighted by atomic mass is 10.0. The molecule has 0 aromatic heterocycles. The summed E-state index contributed by atoms with van der Waals surface area (Å²) in [6.07, 6.45) is 1.60. The number of carbonyl (C=O) groups excluding carboxylic acids is 2. The van der Waals surface area contributed by atoms with Gasteiger partial charge in [-0.3, -0.25) is 9.59 Å². The van der Waals surface area contributed by atoms with Gasteiger partial charge >= 0.3 is 0 Å². The van der Waals surface area contributed by atoms with Crippen LogP contribution in [-0.4, -0.2) is 34.6 Å². The number of nitrogens with one attached hydrogen (secondary N) is 1. The van der Waals surface area contributed by atoms with Crippen molar-refractivity contribution < 1.29 is 9.59 Å². The molecule has 0 spiro atoms. The third kappa shape index (κ3) is 8.99. The maximum atomic E-state index is 13.7. The largest absolute Gasteiger partial charge is 0.352 e. The Morgan fingerprint density at radius 1 is 0.972 bits per heavy atom. The van der Waals surface area contributed by atoms with Crippen molar-refractivity contribution in [2.45, 2.75) is 56.6 Å². The molecule has 0 fully saturated rings. The van der Waals surface area contributed by atoms with Crippen LogP contribution in [0.1, 0.15) is 37.8 Å². The van der Waals surface area contributed by atoms with Crippen LogP contribution in [-0.2, 0) is 22.6 Å². The number of thioether (sulfide) groups is 1. The predicted octanol–water partition coefficient (Wildman–Crippen LogP) is 7.14. The minimum absolute atomic E-state index is 0.0286. The van der Waals surface area contributed by atoms with E-state index in [1.165, 1.54) is 0 Å². The van der Waals surface area contributed by atoms with Gasteiger partial charge in [0.05, 0.1) is 0 Å². The molecule has 0 bridgehead atoms. The van der Waals surface area contributed by atoms with Gasteiger partial charge in [0, 0.05) is 45.6 Å². The highest BCUT2D eigenvalue weighted by Gasteiger charge is 2.30. The average Bonchev–Trinajstić information content (AvgIpc) is 2.88. The Balaban J connectivity index is 1.84. The normalized spacial score (nSPS) is 12.6. The van der Waals surface area contributed by atoms with Crippen LogP contribution < -0.4 is 5.32 Å². The number of rotatable bonds is 12. The molecule has 0 aliphatic heterocycles. The van der Waals surface area contributed by atoms with Gasteiger partial charge in [0.15, 0.2) is 0 Å². The fourth-order valence-corrected chi connectivity index (χ4v) is 4.94. The molecule has 3 aromatic carbocycles. The summed E-state index contributed by atoms with van der Waals surface area (Å²) in [6.45, 7) is 4.39. The van der Waals surface area contributed by atoms with E-state index in [-0.39, 0.29) is 17.9 Å². The van der Waals surface area contributed by atoms with Crippen LogP contribution >= 0.6 is 39.3 Å². The Morgan fingerprint density at radius 3 is 2.28 bits per heavy atom. The SMILES string of the molecule is CC[C@H](C)NC(=O)[C@H](Cc1ccccc1)N(Cc1ccc(Br)cc1)C(=O)CCSc1ccc(Cl)cc1. The second-order valence-electron chi connectivity index (χ2n) is 8.72. The highest BCUT2D eigenvalue weighted by Crippen LogP contribution is 2.23. The average molecular weight is 588 g/mol. The van der Waals surface area contributed by atoms with Crippen molar-refractivity contribution in [1.82, 2.24) is 10.2 Å². The lowest BCUT2D eigenvalue weighted by Gasteiger charge is -2.32. The van der Waals surface area contributed by atoms with Gasteiger partial charge in [-0.05, 0) is 60.9 Å². The first-order valence-electron chi connectivity index (χ1n) is 12.1. The number of hydrogen-bond donors (Lipinski definition) is 1. The third-order valence-electron chi connectivity index (χ3n) is 5.94. The Kier molecular flexibility index (Phi) is 11.4. The molecule has 7 heteroatoms. The van der Waals surface area contributed by atoms with E-state index < -0.39 is 6.04 Å². The monoisotopic (exact) mass is 586 g/mol. The molecular formula is C29H32BrClN2O2S. The van der Waals surface area contributed by atoms with Crippen LogP contribution in [0.4, 0.5) is 0 Å². The van der Waals surface area contributed by atoms with Crippen LogP contribution in [0.3, 0.4) is 0 Å². The molecule has 0 saturated heterocycles. The minimum Gasteiger partial charge on any atom is -0.352 e. The zero-order valence-corrected chi connectivity index (χ0v) is 23.8. The molecule has 3 aromatic rings. The van der Waals surface area contributed by atoms with Crippen LogP contribution in [0, 0.1) is 0 Å². The minimum atomic E-state index is -0.613. The summed E-state index contributed by atoms with van der Waals surface area (Å²) in [6, 6.07) is 24.8. The van der Waals surface area contributed by atoms with Crippen molar-refractivity contribution in [3.63, 3.8) is 0 Å². The highest BCUT2D eigenvalue weighted by molar-refractivity contribution is 9.10. The predicted molar refractivity (Wildman–Crippen MR) is 153 cm³/mol. The summed E-state index contributed by atoms with van der Waals surface area (Å²) in [7, 11) is 0. The van der Waals surface area contributed by atoms with Gasteiger partial charge in [-0.2, -0.15) is 0 Å². The topological polar surface area (TPSA) is 49.4 Å². The number of carbonyl (C=O) groups is 2. The van der Waals surface area contributed by atoms with E-state index in [0.717, 1.165) is 26.9 Å². The van der Waals surface area contributed by atoms with E-state index in [1.807, 2.05) is 92.7 Å². The maximum absolute atomic E-state index is 13.7. The van der Waals surface area contributed by atoms with Gasteiger partial charge in [-0.1, -0.05) is 76.9 Å². The molecule has 0 saturated carbocycles.